The number of phenolic OH excluding ortho intramolecular Hbond substituents is 1. The third kappa shape index (κ3) is 2.91. The monoisotopic (exact) mass is 383 g/mol. The van der Waals surface area contributed by atoms with Crippen molar-refractivity contribution in [2.45, 2.75) is 5.37 Å². The number of nitrogens with zero attached hydrogens (tertiary/aromatic N) is 1. The van der Waals surface area contributed by atoms with Crippen LogP contribution in [0, 0.1) is 0 Å². The summed E-state index contributed by atoms with van der Waals surface area (Å²) in [5.74, 6) is 0.390. The Morgan fingerprint density at radius 3 is 2.86 bits per heavy atom. The largest absolute Gasteiger partial charge is 0.506 e. The van der Waals surface area contributed by atoms with Crippen molar-refractivity contribution in [1.82, 2.24) is 0 Å². The standard InChI is InChI=1S/C15H11BrClNO2S/c16-10-3-1-2-9(6-10)15-18(14(20)8-21-15)12-7-11(17)4-5-13(12)19/h1-7,15,19H,8H2/t15-/m1/s1. The van der Waals surface area contributed by atoms with Gasteiger partial charge in [-0.3, -0.25) is 9.69 Å². The molecule has 0 aromatic heterocycles. The number of halogens is 2. The number of aromatic hydroxyl groups is 1. The highest BCUT2D eigenvalue weighted by molar-refractivity contribution is 9.10. The van der Waals surface area contributed by atoms with Crippen LogP contribution in [0.5, 0.6) is 5.75 Å². The molecule has 21 heavy (non-hydrogen) atoms. The summed E-state index contributed by atoms with van der Waals surface area (Å²) in [6, 6.07) is 12.5. The van der Waals surface area contributed by atoms with Gasteiger partial charge in [-0.1, -0.05) is 39.7 Å². The van der Waals surface area contributed by atoms with Crippen molar-refractivity contribution in [2.24, 2.45) is 0 Å². The van der Waals surface area contributed by atoms with E-state index in [-0.39, 0.29) is 17.0 Å². The van der Waals surface area contributed by atoms with Crippen LogP contribution in [-0.4, -0.2) is 16.8 Å². The Bertz CT molecular complexity index is 710. The maximum absolute atomic E-state index is 12.2. The second-order valence-electron chi connectivity index (χ2n) is 4.62. The molecule has 6 heteroatoms. The van der Waals surface area contributed by atoms with E-state index in [0.717, 1.165) is 10.0 Å². The Hall–Kier alpha value is -1.17. The van der Waals surface area contributed by atoms with E-state index in [9.17, 15) is 9.90 Å². The van der Waals surface area contributed by atoms with Crippen molar-refractivity contribution in [1.29, 1.82) is 0 Å². The van der Waals surface area contributed by atoms with Crippen molar-refractivity contribution in [2.75, 3.05) is 10.7 Å². The fourth-order valence-electron chi connectivity index (χ4n) is 2.28. The fourth-order valence-corrected chi connectivity index (χ4v) is 4.02. The van der Waals surface area contributed by atoms with Crippen molar-refractivity contribution in [3.8, 4) is 5.75 Å². The second kappa shape index (κ2) is 5.91. The van der Waals surface area contributed by atoms with Gasteiger partial charge < -0.3 is 5.11 Å². The Labute approximate surface area is 140 Å². The molecule has 2 aromatic rings. The number of carbonyl (C=O) groups is 1. The molecule has 1 aliphatic heterocycles. The Balaban J connectivity index is 2.06. The van der Waals surface area contributed by atoms with E-state index in [1.807, 2.05) is 24.3 Å². The van der Waals surface area contributed by atoms with Crippen molar-refractivity contribution in [3.63, 3.8) is 0 Å². The van der Waals surface area contributed by atoms with Crippen LogP contribution >= 0.6 is 39.3 Å². The SMILES string of the molecule is O=C1CS[C@H](c2cccc(Br)c2)N1c1cc(Cl)ccc1O. The zero-order chi connectivity index (χ0) is 15.0. The van der Waals surface area contributed by atoms with Gasteiger partial charge in [-0.05, 0) is 35.9 Å². The molecule has 0 radical (unpaired) electrons. The summed E-state index contributed by atoms with van der Waals surface area (Å²) in [5.41, 5.74) is 1.45. The third-order valence-electron chi connectivity index (χ3n) is 3.20. The van der Waals surface area contributed by atoms with E-state index < -0.39 is 0 Å². The highest BCUT2D eigenvalue weighted by Gasteiger charge is 2.35. The van der Waals surface area contributed by atoms with Gasteiger partial charge >= 0.3 is 0 Å². The predicted octanol–water partition coefficient (Wildman–Crippen LogP) is 4.59. The highest BCUT2D eigenvalue weighted by atomic mass is 79.9. The van der Waals surface area contributed by atoms with E-state index in [0.29, 0.717) is 16.5 Å². The lowest BCUT2D eigenvalue weighted by molar-refractivity contribution is -0.115. The van der Waals surface area contributed by atoms with Crippen molar-refractivity contribution < 1.29 is 9.90 Å². The average molecular weight is 385 g/mol. The topological polar surface area (TPSA) is 40.5 Å². The molecule has 1 heterocycles. The van der Waals surface area contributed by atoms with Gasteiger partial charge in [0, 0.05) is 9.50 Å². The second-order valence-corrected chi connectivity index (χ2v) is 7.04. The lowest BCUT2D eigenvalue weighted by Crippen LogP contribution is -2.27. The lowest BCUT2D eigenvalue weighted by Gasteiger charge is -2.25. The molecule has 2 aromatic carbocycles. The van der Waals surface area contributed by atoms with Crippen LogP contribution in [0.15, 0.2) is 46.9 Å². The first-order valence-electron chi connectivity index (χ1n) is 6.24. The normalized spacial score (nSPS) is 18.3. The molecule has 3 nitrogen and oxygen atoms in total. The number of phenols is 1. The molecule has 0 saturated carbocycles. The number of anilines is 1. The minimum Gasteiger partial charge on any atom is -0.506 e. The van der Waals surface area contributed by atoms with E-state index in [1.54, 1.807) is 17.0 Å². The number of benzene rings is 2. The first-order chi connectivity index (χ1) is 10.1. The number of rotatable bonds is 2. The number of hydrogen-bond acceptors (Lipinski definition) is 3. The molecule has 1 N–H and O–H groups in total. The first-order valence-corrected chi connectivity index (χ1v) is 8.46. The number of thioether (sulfide) groups is 1. The fraction of sp³-hybridized carbons (Fsp3) is 0.133. The van der Waals surface area contributed by atoms with Crippen LogP contribution in [0.3, 0.4) is 0 Å². The van der Waals surface area contributed by atoms with Crippen molar-refractivity contribution in [3.05, 3.63) is 57.5 Å². The van der Waals surface area contributed by atoms with Gasteiger partial charge in [0.15, 0.2) is 0 Å². The Morgan fingerprint density at radius 2 is 2.10 bits per heavy atom. The van der Waals surface area contributed by atoms with Gasteiger partial charge in [0.05, 0.1) is 11.4 Å². The van der Waals surface area contributed by atoms with Crippen molar-refractivity contribution >= 4 is 50.9 Å². The molecule has 1 fully saturated rings. The molecule has 0 unspecified atom stereocenters. The van der Waals surface area contributed by atoms with E-state index in [1.165, 1.54) is 17.8 Å². The average Bonchev–Trinajstić information content (AvgIpc) is 2.83. The zero-order valence-corrected chi connectivity index (χ0v) is 14.0. The van der Waals surface area contributed by atoms with E-state index in [2.05, 4.69) is 15.9 Å². The lowest BCUT2D eigenvalue weighted by atomic mass is 10.2. The van der Waals surface area contributed by atoms with Gasteiger partial charge in [-0.2, -0.15) is 0 Å². The predicted molar refractivity (Wildman–Crippen MR) is 89.9 cm³/mol. The van der Waals surface area contributed by atoms with Gasteiger partial charge in [0.1, 0.15) is 11.1 Å². The van der Waals surface area contributed by atoms with Gasteiger partial charge in [0.2, 0.25) is 5.91 Å². The van der Waals surface area contributed by atoms with Gasteiger partial charge in [0.25, 0.3) is 0 Å². The summed E-state index contributed by atoms with van der Waals surface area (Å²) in [7, 11) is 0. The van der Waals surface area contributed by atoms with Gasteiger partial charge in [-0.15, -0.1) is 11.8 Å². The van der Waals surface area contributed by atoms with Crippen LogP contribution in [0.4, 0.5) is 5.69 Å². The van der Waals surface area contributed by atoms with Crippen LogP contribution in [0.1, 0.15) is 10.9 Å². The molecule has 108 valence electrons. The molecule has 0 aliphatic carbocycles. The third-order valence-corrected chi connectivity index (χ3v) is 5.14. The van der Waals surface area contributed by atoms with Gasteiger partial charge in [-0.25, -0.2) is 0 Å². The molecular formula is C15H11BrClNO2S. The summed E-state index contributed by atoms with van der Waals surface area (Å²) < 4.78 is 0.954. The van der Waals surface area contributed by atoms with Crippen LogP contribution in [0.2, 0.25) is 5.02 Å². The maximum atomic E-state index is 12.2. The summed E-state index contributed by atoms with van der Waals surface area (Å²) in [6.07, 6.45) is 0. The summed E-state index contributed by atoms with van der Waals surface area (Å²) in [6.45, 7) is 0. The molecule has 0 bridgehead atoms. The van der Waals surface area contributed by atoms with Crippen LogP contribution in [0.25, 0.3) is 0 Å². The zero-order valence-electron chi connectivity index (χ0n) is 10.8. The maximum Gasteiger partial charge on any atom is 0.238 e. The smallest absolute Gasteiger partial charge is 0.238 e. The molecule has 3 rings (SSSR count). The Morgan fingerprint density at radius 1 is 1.29 bits per heavy atom. The summed E-state index contributed by atoms with van der Waals surface area (Å²) in [5, 5.41) is 10.4. The van der Waals surface area contributed by atoms with Crippen LogP contribution < -0.4 is 4.90 Å². The molecule has 1 aliphatic rings. The Kier molecular flexibility index (Phi) is 4.15. The molecular weight excluding hydrogens is 374 g/mol. The molecule has 1 saturated heterocycles. The summed E-state index contributed by atoms with van der Waals surface area (Å²) in [4.78, 5) is 13.9. The number of amides is 1. The van der Waals surface area contributed by atoms with E-state index >= 15 is 0 Å². The van der Waals surface area contributed by atoms with E-state index in [4.69, 9.17) is 11.6 Å². The molecule has 1 amide bonds. The number of hydrogen-bond donors (Lipinski definition) is 1. The minimum atomic E-state index is -0.167. The highest BCUT2D eigenvalue weighted by Crippen LogP contribution is 2.45. The molecule has 1 atom stereocenters. The first kappa shape index (κ1) is 14.8. The molecule has 0 spiro atoms. The van der Waals surface area contributed by atoms with Crippen LogP contribution in [-0.2, 0) is 4.79 Å². The minimum absolute atomic E-state index is 0.0393. The quantitative estimate of drug-likeness (QED) is 0.823. The summed E-state index contributed by atoms with van der Waals surface area (Å²) >= 11 is 11.0. The number of carbonyl (C=O) groups excluding carboxylic acids is 1.